The Kier molecular flexibility index (Phi) is 4.04. The first-order valence-corrected chi connectivity index (χ1v) is 9.90. The molecule has 1 aromatic rings. The van der Waals surface area contributed by atoms with Gasteiger partial charge in [0.2, 0.25) is 0 Å². The molecule has 132 valence electrons. The molecule has 5 atom stereocenters. The zero-order chi connectivity index (χ0) is 17.1. The summed E-state index contributed by atoms with van der Waals surface area (Å²) in [5.41, 5.74) is 3.16. The number of hydrogen-bond donors (Lipinski definition) is 0. The fourth-order valence-corrected chi connectivity index (χ4v) is 5.57. The molecule has 0 aromatic heterocycles. The molecule has 2 heteroatoms. The predicted octanol–water partition coefficient (Wildman–Crippen LogP) is 5.35. The molecule has 1 unspecified atom stereocenters. The Labute approximate surface area is 147 Å². The highest BCUT2D eigenvalue weighted by molar-refractivity contribution is 5.36. The summed E-state index contributed by atoms with van der Waals surface area (Å²) in [5.74, 6) is 2.74. The van der Waals surface area contributed by atoms with Gasteiger partial charge in [-0.2, -0.15) is 0 Å². The van der Waals surface area contributed by atoms with Crippen LogP contribution in [0.1, 0.15) is 77.2 Å². The summed E-state index contributed by atoms with van der Waals surface area (Å²) < 4.78 is 6.78. The van der Waals surface area contributed by atoms with Crippen LogP contribution in [0.5, 0.6) is 0 Å². The van der Waals surface area contributed by atoms with Crippen molar-refractivity contribution < 1.29 is 4.74 Å². The van der Waals surface area contributed by atoms with Crippen LogP contribution in [-0.4, -0.2) is 23.1 Å². The van der Waals surface area contributed by atoms with Crippen molar-refractivity contribution in [3.8, 4) is 0 Å². The molecule has 2 heterocycles. The fourth-order valence-electron chi connectivity index (χ4n) is 5.57. The minimum atomic E-state index is 0.151. The van der Waals surface area contributed by atoms with E-state index in [4.69, 9.17) is 4.74 Å². The second kappa shape index (κ2) is 5.85. The summed E-state index contributed by atoms with van der Waals surface area (Å²) in [4.78, 5) is 2.69. The van der Waals surface area contributed by atoms with Gasteiger partial charge in [-0.05, 0) is 55.6 Å². The molecule has 2 fully saturated rings. The fraction of sp³-hybridized carbons (Fsp3) is 0.727. The molecular formula is C22H33NO. The second-order valence-corrected chi connectivity index (χ2v) is 9.34. The van der Waals surface area contributed by atoms with Gasteiger partial charge in [-0.15, -0.1) is 0 Å². The van der Waals surface area contributed by atoms with Crippen molar-refractivity contribution in [3.63, 3.8) is 0 Å². The van der Waals surface area contributed by atoms with Gasteiger partial charge in [0.15, 0.2) is 0 Å². The van der Waals surface area contributed by atoms with Gasteiger partial charge in [-0.25, -0.2) is 0 Å². The van der Waals surface area contributed by atoms with E-state index in [9.17, 15) is 0 Å². The molecule has 1 saturated carbocycles. The van der Waals surface area contributed by atoms with E-state index in [1.807, 2.05) is 0 Å². The van der Waals surface area contributed by atoms with Crippen LogP contribution in [0.2, 0.25) is 0 Å². The molecule has 0 amide bonds. The third kappa shape index (κ3) is 2.45. The standard InChI is InChI=1S/C22H33NO/c1-14(2)18-13-23-21(17-9-7-6-8-16(17)18)24-20-12-15(3)10-11-19(20)22(23,4)5/h6-9,14-15,18-21H,10-13H2,1-5H3/t15-,18+,19-,20-,21?/m1/s1. The van der Waals surface area contributed by atoms with E-state index < -0.39 is 0 Å². The Bertz CT molecular complexity index is 608. The van der Waals surface area contributed by atoms with E-state index in [0.717, 1.165) is 12.5 Å². The summed E-state index contributed by atoms with van der Waals surface area (Å²) in [6.45, 7) is 13.2. The largest absolute Gasteiger partial charge is 0.355 e. The molecule has 0 N–H and O–H groups in total. The first kappa shape index (κ1) is 16.6. The highest BCUT2D eigenvalue weighted by atomic mass is 16.5. The van der Waals surface area contributed by atoms with Crippen molar-refractivity contribution >= 4 is 0 Å². The zero-order valence-electron chi connectivity index (χ0n) is 16.0. The van der Waals surface area contributed by atoms with E-state index in [0.29, 0.717) is 23.9 Å². The van der Waals surface area contributed by atoms with Crippen LogP contribution >= 0.6 is 0 Å². The van der Waals surface area contributed by atoms with Gasteiger partial charge in [-0.1, -0.05) is 51.5 Å². The second-order valence-electron chi connectivity index (χ2n) is 9.34. The number of hydrogen-bond acceptors (Lipinski definition) is 2. The van der Waals surface area contributed by atoms with Crippen molar-refractivity contribution in [2.75, 3.05) is 6.54 Å². The van der Waals surface area contributed by atoms with Gasteiger partial charge in [0.1, 0.15) is 6.23 Å². The Balaban J connectivity index is 1.76. The van der Waals surface area contributed by atoms with Crippen LogP contribution in [0.3, 0.4) is 0 Å². The van der Waals surface area contributed by atoms with Crippen molar-refractivity contribution in [1.29, 1.82) is 0 Å². The Morgan fingerprint density at radius 1 is 1.12 bits per heavy atom. The molecule has 0 bridgehead atoms. The smallest absolute Gasteiger partial charge is 0.137 e. The number of nitrogens with zero attached hydrogens (tertiary/aromatic N) is 1. The minimum absolute atomic E-state index is 0.151. The monoisotopic (exact) mass is 327 g/mol. The Morgan fingerprint density at radius 3 is 2.54 bits per heavy atom. The zero-order valence-corrected chi connectivity index (χ0v) is 16.0. The maximum Gasteiger partial charge on any atom is 0.137 e. The highest BCUT2D eigenvalue weighted by Gasteiger charge is 2.53. The van der Waals surface area contributed by atoms with Crippen LogP contribution < -0.4 is 0 Å². The third-order valence-corrected chi connectivity index (χ3v) is 7.15. The topological polar surface area (TPSA) is 12.5 Å². The van der Waals surface area contributed by atoms with E-state index >= 15 is 0 Å². The summed E-state index contributed by atoms with van der Waals surface area (Å²) in [5, 5.41) is 0. The van der Waals surface area contributed by atoms with Gasteiger partial charge < -0.3 is 4.74 Å². The summed E-state index contributed by atoms with van der Waals surface area (Å²) in [6, 6.07) is 9.03. The average Bonchev–Trinajstić information content (AvgIpc) is 2.53. The van der Waals surface area contributed by atoms with E-state index in [1.54, 1.807) is 0 Å². The van der Waals surface area contributed by atoms with Crippen molar-refractivity contribution in [1.82, 2.24) is 4.90 Å². The summed E-state index contributed by atoms with van der Waals surface area (Å²) in [6.07, 6.45) is 4.48. The van der Waals surface area contributed by atoms with Crippen LogP contribution in [0.4, 0.5) is 0 Å². The van der Waals surface area contributed by atoms with Gasteiger partial charge in [-0.3, -0.25) is 4.90 Å². The Hall–Kier alpha value is -0.860. The summed E-state index contributed by atoms with van der Waals surface area (Å²) in [7, 11) is 0. The minimum Gasteiger partial charge on any atom is -0.355 e. The number of fused-ring (bicyclic) bond motifs is 4. The maximum atomic E-state index is 6.78. The predicted molar refractivity (Wildman–Crippen MR) is 98.9 cm³/mol. The third-order valence-electron chi connectivity index (χ3n) is 7.15. The average molecular weight is 328 g/mol. The quantitative estimate of drug-likeness (QED) is 0.689. The molecule has 24 heavy (non-hydrogen) atoms. The lowest BCUT2D eigenvalue weighted by atomic mass is 9.68. The lowest BCUT2D eigenvalue weighted by molar-refractivity contribution is -0.243. The highest BCUT2D eigenvalue weighted by Crippen LogP contribution is 2.52. The maximum absolute atomic E-state index is 6.78. The molecule has 1 aliphatic carbocycles. The molecule has 4 rings (SSSR count). The molecule has 2 aliphatic heterocycles. The van der Waals surface area contributed by atoms with Gasteiger partial charge in [0.25, 0.3) is 0 Å². The molecule has 2 nitrogen and oxygen atoms in total. The number of benzene rings is 1. The van der Waals surface area contributed by atoms with Crippen molar-refractivity contribution in [2.45, 2.75) is 77.7 Å². The van der Waals surface area contributed by atoms with E-state index in [-0.39, 0.29) is 11.8 Å². The first-order valence-electron chi connectivity index (χ1n) is 9.90. The van der Waals surface area contributed by atoms with E-state index in [1.165, 1.54) is 30.4 Å². The molecular weight excluding hydrogens is 294 g/mol. The molecule has 1 saturated heterocycles. The molecule has 0 spiro atoms. The van der Waals surface area contributed by atoms with Gasteiger partial charge in [0.05, 0.1) is 6.10 Å². The lowest BCUT2D eigenvalue weighted by Crippen LogP contribution is -2.63. The normalized spacial score (nSPS) is 38.3. The first-order chi connectivity index (χ1) is 11.4. The SMILES string of the molecule is CC(C)[C@@H]1CN2C(O[C@@H]3C[C@H](C)CC[C@H]3C2(C)C)c2ccccc21. The lowest BCUT2D eigenvalue weighted by Gasteiger charge is -2.60. The molecule has 0 radical (unpaired) electrons. The van der Waals surface area contributed by atoms with Crippen LogP contribution in [0, 0.1) is 17.8 Å². The number of ether oxygens (including phenoxy) is 1. The van der Waals surface area contributed by atoms with Gasteiger partial charge >= 0.3 is 0 Å². The molecule has 3 aliphatic rings. The number of rotatable bonds is 1. The van der Waals surface area contributed by atoms with Crippen molar-refractivity contribution in [3.05, 3.63) is 35.4 Å². The van der Waals surface area contributed by atoms with Crippen LogP contribution in [-0.2, 0) is 4.74 Å². The summed E-state index contributed by atoms with van der Waals surface area (Å²) >= 11 is 0. The van der Waals surface area contributed by atoms with Crippen LogP contribution in [0.25, 0.3) is 0 Å². The van der Waals surface area contributed by atoms with E-state index in [2.05, 4.69) is 63.8 Å². The Morgan fingerprint density at radius 2 is 1.83 bits per heavy atom. The molecule has 1 aromatic carbocycles. The van der Waals surface area contributed by atoms with Crippen molar-refractivity contribution in [2.24, 2.45) is 17.8 Å². The van der Waals surface area contributed by atoms with Gasteiger partial charge in [0, 0.05) is 18.0 Å². The van der Waals surface area contributed by atoms with Crippen LogP contribution in [0.15, 0.2) is 24.3 Å².